The van der Waals surface area contributed by atoms with E-state index >= 15 is 0 Å². The standard InChI is InChI=1S/C11H10BrN3O2/c1-2-17-11(16)6-4-8-3-5-9(12)7-10(8)14-15-13/h3-7H,2H2,1H3/b6-4+. The predicted molar refractivity (Wildman–Crippen MR) is 68.6 cm³/mol. The van der Waals surface area contributed by atoms with E-state index in [0.717, 1.165) is 4.47 Å². The summed E-state index contributed by atoms with van der Waals surface area (Å²) in [5.74, 6) is -0.428. The SMILES string of the molecule is CCOC(=O)/C=C/c1ccc(Br)cc1N=[N+]=[N-]. The highest BCUT2D eigenvalue weighted by Gasteiger charge is 2.00. The Bertz CT molecular complexity index is 493. The van der Waals surface area contributed by atoms with Crippen LogP contribution in [0.25, 0.3) is 16.5 Å². The lowest BCUT2D eigenvalue weighted by Crippen LogP contribution is -1.98. The van der Waals surface area contributed by atoms with Crippen LogP contribution in [0.1, 0.15) is 12.5 Å². The Kier molecular flexibility index (Phi) is 5.26. The van der Waals surface area contributed by atoms with Crippen molar-refractivity contribution in [2.24, 2.45) is 5.11 Å². The van der Waals surface area contributed by atoms with Crippen molar-refractivity contribution in [1.82, 2.24) is 0 Å². The molecule has 0 saturated heterocycles. The monoisotopic (exact) mass is 295 g/mol. The number of carbonyl (C=O) groups excluding carboxylic acids is 1. The first-order valence-electron chi connectivity index (χ1n) is 4.87. The Morgan fingerprint density at radius 2 is 2.41 bits per heavy atom. The zero-order valence-corrected chi connectivity index (χ0v) is 10.7. The fraction of sp³-hybridized carbons (Fsp3) is 0.182. The molecule has 0 unspecified atom stereocenters. The Hall–Kier alpha value is -1.78. The number of benzene rings is 1. The molecule has 1 rings (SSSR count). The van der Waals surface area contributed by atoms with Crippen LogP contribution >= 0.6 is 15.9 Å². The van der Waals surface area contributed by atoms with Crippen molar-refractivity contribution >= 4 is 33.7 Å². The highest BCUT2D eigenvalue weighted by Crippen LogP contribution is 2.25. The van der Waals surface area contributed by atoms with Gasteiger partial charge in [0.05, 0.1) is 6.61 Å². The van der Waals surface area contributed by atoms with Gasteiger partial charge in [0, 0.05) is 21.1 Å². The van der Waals surface area contributed by atoms with Gasteiger partial charge in [-0.15, -0.1) is 0 Å². The molecular weight excluding hydrogens is 286 g/mol. The number of nitrogens with zero attached hydrogens (tertiary/aromatic N) is 3. The van der Waals surface area contributed by atoms with Gasteiger partial charge in [-0.2, -0.15) is 0 Å². The van der Waals surface area contributed by atoms with Crippen molar-refractivity contribution in [3.63, 3.8) is 0 Å². The normalized spacial score (nSPS) is 10.0. The highest BCUT2D eigenvalue weighted by atomic mass is 79.9. The largest absolute Gasteiger partial charge is 0.463 e. The maximum Gasteiger partial charge on any atom is 0.330 e. The molecule has 0 spiro atoms. The fourth-order valence-corrected chi connectivity index (χ4v) is 1.49. The van der Waals surface area contributed by atoms with Crippen LogP contribution in [0.3, 0.4) is 0 Å². The summed E-state index contributed by atoms with van der Waals surface area (Å²) in [7, 11) is 0. The molecule has 1 aromatic carbocycles. The second-order valence-electron chi connectivity index (χ2n) is 2.98. The topological polar surface area (TPSA) is 75.1 Å². The van der Waals surface area contributed by atoms with E-state index in [1.165, 1.54) is 6.08 Å². The third-order valence-corrected chi connectivity index (χ3v) is 2.32. The maximum atomic E-state index is 11.1. The number of hydrogen-bond donors (Lipinski definition) is 0. The molecule has 0 amide bonds. The van der Waals surface area contributed by atoms with Gasteiger partial charge in [0.25, 0.3) is 0 Å². The molecule has 0 saturated carbocycles. The van der Waals surface area contributed by atoms with Gasteiger partial charge in [0.2, 0.25) is 0 Å². The van der Waals surface area contributed by atoms with Gasteiger partial charge in [-0.05, 0) is 36.2 Å². The molecular formula is C11H10BrN3O2. The van der Waals surface area contributed by atoms with Crippen LogP contribution in [0, 0.1) is 0 Å². The first kappa shape index (κ1) is 13.3. The molecule has 0 N–H and O–H groups in total. The molecule has 6 heteroatoms. The minimum atomic E-state index is -0.428. The number of ether oxygens (including phenoxy) is 1. The summed E-state index contributed by atoms with van der Waals surface area (Å²) in [6.45, 7) is 2.06. The van der Waals surface area contributed by atoms with Crippen molar-refractivity contribution in [3.8, 4) is 0 Å². The zero-order chi connectivity index (χ0) is 12.7. The van der Waals surface area contributed by atoms with Crippen molar-refractivity contribution in [1.29, 1.82) is 0 Å². The average Bonchev–Trinajstić information content (AvgIpc) is 2.29. The summed E-state index contributed by atoms with van der Waals surface area (Å²) in [5, 5.41) is 3.54. The summed E-state index contributed by atoms with van der Waals surface area (Å²) >= 11 is 3.27. The van der Waals surface area contributed by atoms with Crippen LogP contribution in [0.15, 0.2) is 33.9 Å². The van der Waals surface area contributed by atoms with E-state index in [1.807, 2.05) is 0 Å². The smallest absolute Gasteiger partial charge is 0.330 e. The molecule has 0 aromatic heterocycles. The Morgan fingerprint density at radius 3 is 3.06 bits per heavy atom. The Labute approximate surface area is 107 Å². The molecule has 0 aliphatic carbocycles. The summed E-state index contributed by atoms with van der Waals surface area (Å²) < 4.78 is 5.55. The van der Waals surface area contributed by atoms with E-state index in [0.29, 0.717) is 17.9 Å². The number of esters is 1. The molecule has 0 radical (unpaired) electrons. The molecule has 17 heavy (non-hydrogen) atoms. The van der Waals surface area contributed by atoms with Crippen LogP contribution in [0.2, 0.25) is 0 Å². The van der Waals surface area contributed by atoms with E-state index in [2.05, 4.69) is 26.0 Å². The number of carbonyl (C=O) groups is 1. The molecule has 88 valence electrons. The van der Waals surface area contributed by atoms with Gasteiger partial charge in [-0.3, -0.25) is 0 Å². The molecule has 0 bridgehead atoms. The van der Waals surface area contributed by atoms with Gasteiger partial charge in [0.15, 0.2) is 0 Å². The summed E-state index contributed by atoms with van der Waals surface area (Å²) in [6, 6.07) is 5.20. The Balaban J connectivity index is 2.97. The minimum absolute atomic E-state index is 0.326. The van der Waals surface area contributed by atoms with Crippen LogP contribution in [0.5, 0.6) is 0 Å². The molecule has 0 heterocycles. The van der Waals surface area contributed by atoms with Gasteiger partial charge in [0.1, 0.15) is 0 Å². The third kappa shape index (κ3) is 4.30. The molecule has 5 nitrogen and oxygen atoms in total. The fourth-order valence-electron chi connectivity index (χ4n) is 1.14. The minimum Gasteiger partial charge on any atom is -0.463 e. The number of hydrogen-bond acceptors (Lipinski definition) is 3. The lowest BCUT2D eigenvalue weighted by Gasteiger charge is -2.00. The molecule has 0 aliphatic heterocycles. The van der Waals surface area contributed by atoms with E-state index in [9.17, 15) is 4.79 Å². The third-order valence-electron chi connectivity index (χ3n) is 1.83. The summed E-state index contributed by atoms with van der Waals surface area (Å²) in [4.78, 5) is 13.9. The van der Waals surface area contributed by atoms with Gasteiger partial charge < -0.3 is 4.74 Å². The van der Waals surface area contributed by atoms with Crippen LogP contribution in [-0.2, 0) is 9.53 Å². The second-order valence-corrected chi connectivity index (χ2v) is 3.89. The van der Waals surface area contributed by atoms with E-state index in [1.54, 1.807) is 31.2 Å². The molecule has 1 aromatic rings. The Morgan fingerprint density at radius 1 is 1.65 bits per heavy atom. The van der Waals surface area contributed by atoms with Gasteiger partial charge in [-0.1, -0.05) is 27.1 Å². The zero-order valence-electron chi connectivity index (χ0n) is 9.13. The number of rotatable bonds is 4. The number of azide groups is 1. The second kappa shape index (κ2) is 6.73. The maximum absolute atomic E-state index is 11.1. The van der Waals surface area contributed by atoms with Crippen molar-refractivity contribution in [2.45, 2.75) is 6.92 Å². The molecule has 0 fully saturated rings. The van der Waals surface area contributed by atoms with E-state index in [4.69, 9.17) is 10.3 Å². The van der Waals surface area contributed by atoms with Crippen molar-refractivity contribution in [3.05, 3.63) is 44.8 Å². The van der Waals surface area contributed by atoms with E-state index < -0.39 is 5.97 Å². The first-order valence-corrected chi connectivity index (χ1v) is 5.66. The van der Waals surface area contributed by atoms with Crippen molar-refractivity contribution < 1.29 is 9.53 Å². The molecule has 0 atom stereocenters. The lowest BCUT2D eigenvalue weighted by atomic mass is 10.1. The summed E-state index contributed by atoms with van der Waals surface area (Å²) in [6.07, 6.45) is 2.84. The van der Waals surface area contributed by atoms with Crippen LogP contribution in [-0.4, -0.2) is 12.6 Å². The molecule has 0 aliphatic rings. The highest BCUT2D eigenvalue weighted by molar-refractivity contribution is 9.10. The first-order chi connectivity index (χ1) is 8.17. The van der Waals surface area contributed by atoms with Gasteiger partial charge in [-0.25, -0.2) is 4.79 Å². The lowest BCUT2D eigenvalue weighted by molar-refractivity contribution is -0.137. The van der Waals surface area contributed by atoms with Crippen molar-refractivity contribution in [2.75, 3.05) is 6.61 Å². The van der Waals surface area contributed by atoms with Crippen LogP contribution in [0.4, 0.5) is 5.69 Å². The summed E-state index contributed by atoms with van der Waals surface area (Å²) in [5.41, 5.74) is 9.52. The number of halogens is 1. The van der Waals surface area contributed by atoms with Crippen LogP contribution < -0.4 is 0 Å². The predicted octanol–water partition coefficient (Wildman–Crippen LogP) is 3.97. The van der Waals surface area contributed by atoms with E-state index in [-0.39, 0.29) is 0 Å². The quantitative estimate of drug-likeness (QED) is 0.277. The van der Waals surface area contributed by atoms with Gasteiger partial charge >= 0.3 is 5.97 Å². The average molecular weight is 296 g/mol.